The lowest BCUT2D eigenvalue weighted by Crippen LogP contribution is -2.55. The van der Waals surface area contributed by atoms with Gasteiger partial charge in [-0.1, -0.05) is 29.8 Å². The Hall–Kier alpha value is -1.55. The molecule has 1 fully saturated rings. The van der Waals surface area contributed by atoms with Crippen LogP contribution in [0, 0.1) is 6.92 Å². The van der Waals surface area contributed by atoms with E-state index >= 15 is 0 Å². The third-order valence-corrected chi connectivity index (χ3v) is 3.53. The summed E-state index contributed by atoms with van der Waals surface area (Å²) in [5, 5.41) is 3.37. The van der Waals surface area contributed by atoms with Crippen molar-refractivity contribution < 1.29 is 9.53 Å². The zero-order chi connectivity index (χ0) is 15.5. The van der Waals surface area contributed by atoms with Crippen LogP contribution >= 0.6 is 0 Å². The van der Waals surface area contributed by atoms with Gasteiger partial charge in [-0.3, -0.25) is 0 Å². The number of rotatable bonds is 2. The number of aryl methyl sites for hydroxylation is 1. The molecule has 1 amide bonds. The second kappa shape index (κ2) is 6.48. The topological polar surface area (TPSA) is 41.6 Å². The lowest BCUT2D eigenvalue weighted by atomic mass is 10.0. The second-order valence-corrected chi connectivity index (χ2v) is 6.72. The quantitative estimate of drug-likeness (QED) is 0.910. The first kappa shape index (κ1) is 15.8. The molecule has 0 bridgehead atoms. The lowest BCUT2D eigenvalue weighted by molar-refractivity contribution is 0.0122. The summed E-state index contributed by atoms with van der Waals surface area (Å²) in [6, 6.07) is 8.61. The number of carbonyl (C=O) groups excluding carboxylic acids is 1. The molecule has 1 saturated heterocycles. The van der Waals surface area contributed by atoms with Crippen molar-refractivity contribution in [2.75, 3.05) is 19.6 Å². The van der Waals surface area contributed by atoms with Crippen LogP contribution in [0.3, 0.4) is 0 Å². The number of nitrogens with one attached hydrogen (secondary N) is 1. The van der Waals surface area contributed by atoms with Gasteiger partial charge in [-0.15, -0.1) is 0 Å². The minimum atomic E-state index is -0.449. The number of carbonyl (C=O) groups is 1. The fourth-order valence-electron chi connectivity index (χ4n) is 2.62. The van der Waals surface area contributed by atoms with Gasteiger partial charge in [0.1, 0.15) is 5.60 Å². The standard InChI is InChI=1S/C17H26N2O2/c1-13-6-5-7-14(10-13)11-15-12-18-8-9-19(15)16(20)21-17(2,3)4/h5-7,10,15,18H,8-9,11-12H2,1-4H3/t15-/m1/s1. The maximum absolute atomic E-state index is 12.4. The first-order chi connectivity index (χ1) is 9.85. The van der Waals surface area contributed by atoms with Gasteiger partial charge in [0.25, 0.3) is 0 Å². The van der Waals surface area contributed by atoms with Crippen LogP contribution in [0.2, 0.25) is 0 Å². The molecule has 1 aromatic carbocycles. The van der Waals surface area contributed by atoms with E-state index in [1.54, 1.807) is 0 Å². The average molecular weight is 290 g/mol. The van der Waals surface area contributed by atoms with Crippen LogP contribution in [-0.2, 0) is 11.2 Å². The van der Waals surface area contributed by atoms with Gasteiger partial charge in [0, 0.05) is 19.6 Å². The summed E-state index contributed by atoms with van der Waals surface area (Å²) in [6.07, 6.45) is 0.648. The molecule has 4 nitrogen and oxygen atoms in total. The molecule has 0 spiro atoms. The summed E-state index contributed by atoms with van der Waals surface area (Å²) in [5.41, 5.74) is 2.06. The van der Waals surface area contributed by atoms with Gasteiger partial charge in [-0.05, 0) is 39.7 Å². The number of nitrogens with zero attached hydrogens (tertiary/aromatic N) is 1. The molecule has 0 aliphatic carbocycles. The average Bonchev–Trinajstić information content (AvgIpc) is 2.37. The monoisotopic (exact) mass is 290 g/mol. The molecule has 1 atom stereocenters. The van der Waals surface area contributed by atoms with Crippen molar-refractivity contribution in [2.45, 2.75) is 45.8 Å². The fraction of sp³-hybridized carbons (Fsp3) is 0.588. The van der Waals surface area contributed by atoms with Gasteiger partial charge in [-0.25, -0.2) is 4.79 Å². The van der Waals surface area contributed by atoms with Crippen LogP contribution in [-0.4, -0.2) is 42.3 Å². The Labute approximate surface area is 127 Å². The van der Waals surface area contributed by atoms with Crippen molar-refractivity contribution in [1.29, 1.82) is 0 Å². The van der Waals surface area contributed by atoms with Crippen molar-refractivity contribution in [1.82, 2.24) is 10.2 Å². The van der Waals surface area contributed by atoms with Gasteiger partial charge < -0.3 is 15.0 Å². The number of ether oxygens (including phenoxy) is 1. The molecular weight excluding hydrogens is 264 g/mol. The molecule has 1 aromatic rings. The predicted molar refractivity (Wildman–Crippen MR) is 84.5 cm³/mol. The highest BCUT2D eigenvalue weighted by molar-refractivity contribution is 5.68. The number of hydrogen-bond donors (Lipinski definition) is 1. The van der Waals surface area contributed by atoms with Crippen molar-refractivity contribution in [3.8, 4) is 0 Å². The summed E-state index contributed by atoms with van der Waals surface area (Å²) < 4.78 is 5.53. The van der Waals surface area contributed by atoms with Gasteiger partial charge >= 0.3 is 6.09 Å². The Kier molecular flexibility index (Phi) is 4.88. The molecule has 1 aliphatic heterocycles. The Morgan fingerprint density at radius 3 is 2.86 bits per heavy atom. The summed E-state index contributed by atoms with van der Waals surface area (Å²) in [5.74, 6) is 0. The van der Waals surface area contributed by atoms with Crippen LogP contribution in [0.4, 0.5) is 4.79 Å². The number of piperazine rings is 1. The summed E-state index contributed by atoms with van der Waals surface area (Å²) in [4.78, 5) is 14.2. The minimum absolute atomic E-state index is 0.149. The van der Waals surface area contributed by atoms with E-state index in [4.69, 9.17) is 4.74 Å². The minimum Gasteiger partial charge on any atom is -0.444 e. The Balaban J connectivity index is 2.06. The Morgan fingerprint density at radius 2 is 2.19 bits per heavy atom. The third kappa shape index (κ3) is 4.74. The van der Waals surface area contributed by atoms with Gasteiger partial charge in [0.2, 0.25) is 0 Å². The molecule has 1 N–H and O–H groups in total. The second-order valence-electron chi connectivity index (χ2n) is 6.72. The smallest absolute Gasteiger partial charge is 0.410 e. The highest BCUT2D eigenvalue weighted by Gasteiger charge is 2.30. The number of amides is 1. The number of hydrogen-bond acceptors (Lipinski definition) is 3. The van der Waals surface area contributed by atoms with Crippen molar-refractivity contribution in [3.63, 3.8) is 0 Å². The van der Waals surface area contributed by atoms with E-state index in [1.165, 1.54) is 11.1 Å². The van der Waals surface area contributed by atoms with E-state index in [-0.39, 0.29) is 12.1 Å². The van der Waals surface area contributed by atoms with E-state index in [2.05, 4.69) is 36.5 Å². The summed E-state index contributed by atoms with van der Waals surface area (Å²) in [7, 11) is 0. The summed E-state index contributed by atoms with van der Waals surface area (Å²) >= 11 is 0. The van der Waals surface area contributed by atoms with Crippen LogP contribution in [0.1, 0.15) is 31.9 Å². The van der Waals surface area contributed by atoms with E-state index in [1.807, 2.05) is 25.7 Å². The highest BCUT2D eigenvalue weighted by atomic mass is 16.6. The largest absolute Gasteiger partial charge is 0.444 e. The predicted octanol–water partition coefficient (Wildman–Crippen LogP) is 2.75. The molecular formula is C17H26N2O2. The summed E-state index contributed by atoms with van der Waals surface area (Å²) in [6.45, 7) is 10.1. The zero-order valence-corrected chi connectivity index (χ0v) is 13.5. The van der Waals surface area contributed by atoms with E-state index < -0.39 is 5.60 Å². The van der Waals surface area contributed by atoms with Crippen LogP contribution < -0.4 is 5.32 Å². The molecule has 0 unspecified atom stereocenters. The van der Waals surface area contributed by atoms with Crippen LogP contribution in [0.15, 0.2) is 24.3 Å². The molecule has 4 heteroatoms. The highest BCUT2D eigenvalue weighted by Crippen LogP contribution is 2.16. The Morgan fingerprint density at radius 1 is 1.43 bits per heavy atom. The van der Waals surface area contributed by atoms with Gasteiger partial charge in [-0.2, -0.15) is 0 Å². The van der Waals surface area contributed by atoms with Crippen LogP contribution in [0.5, 0.6) is 0 Å². The van der Waals surface area contributed by atoms with Gasteiger partial charge in [0.15, 0.2) is 0 Å². The molecule has 21 heavy (non-hydrogen) atoms. The normalized spacial score (nSPS) is 19.4. The molecule has 0 aromatic heterocycles. The maximum atomic E-state index is 12.4. The van der Waals surface area contributed by atoms with Crippen molar-refractivity contribution in [2.24, 2.45) is 0 Å². The van der Waals surface area contributed by atoms with Crippen LogP contribution in [0.25, 0.3) is 0 Å². The fourth-order valence-corrected chi connectivity index (χ4v) is 2.62. The van der Waals surface area contributed by atoms with E-state index in [9.17, 15) is 4.79 Å². The zero-order valence-electron chi connectivity index (χ0n) is 13.5. The molecule has 2 rings (SSSR count). The number of benzene rings is 1. The maximum Gasteiger partial charge on any atom is 0.410 e. The van der Waals surface area contributed by atoms with E-state index in [0.717, 1.165) is 19.5 Å². The first-order valence-corrected chi connectivity index (χ1v) is 7.61. The van der Waals surface area contributed by atoms with Crippen molar-refractivity contribution in [3.05, 3.63) is 35.4 Å². The SMILES string of the molecule is Cc1cccc(C[C@@H]2CNCCN2C(=O)OC(C)(C)C)c1. The first-order valence-electron chi connectivity index (χ1n) is 7.61. The van der Waals surface area contributed by atoms with Crippen molar-refractivity contribution >= 4 is 6.09 Å². The van der Waals surface area contributed by atoms with E-state index in [0.29, 0.717) is 6.54 Å². The molecule has 1 heterocycles. The lowest BCUT2D eigenvalue weighted by Gasteiger charge is -2.37. The molecule has 116 valence electrons. The molecule has 0 saturated carbocycles. The molecule has 0 radical (unpaired) electrons. The van der Waals surface area contributed by atoms with Gasteiger partial charge in [0.05, 0.1) is 6.04 Å². The Bertz CT molecular complexity index is 494. The molecule has 1 aliphatic rings. The third-order valence-electron chi connectivity index (χ3n) is 3.53.